The molecule has 1 aromatic heterocycles. The van der Waals surface area contributed by atoms with Gasteiger partial charge in [0.1, 0.15) is 23.8 Å². The lowest BCUT2D eigenvalue weighted by Crippen LogP contribution is -2.12. The maximum absolute atomic E-state index is 15.1. The molecule has 34 heavy (non-hydrogen) atoms. The van der Waals surface area contributed by atoms with Crippen LogP contribution in [0.15, 0.2) is 47.6 Å². The van der Waals surface area contributed by atoms with Crippen LogP contribution in [0.5, 0.6) is 11.5 Å². The highest BCUT2D eigenvalue weighted by Gasteiger charge is 2.20. The molecule has 0 atom stereocenters. The zero-order chi connectivity index (χ0) is 24.2. The average Bonchev–Trinajstić information content (AvgIpc) is 3.24. The Labute approximate surface area is 196 Å². The van der Waals surface area contributed by atoms with E-state index in [1.54, 1.807) is 32.2 Å². The van der Waals surface area contributed by atoms with Gasteiger partial charge in [-0.1, -0.05) is 23.4 Å². The van der Waals surface area contributed by atoms with E-state index in [2.05, 4.69) is 15.0 Å². The van der Waals surface area contributed by atoms with Gasteiger partial charge in [-0.05, 0) is 60.4 Å². The monoisotopic (exact) mass is 464 g/mol. The van der Waals surface area contributed by atoms with E-state index in [0.29, 0.717) is 35.7 Å². The van der Waals surface area contributed by atoms with E-state index >= 15 is 4.39 Å². The van der Waals surface area contributed by atoms with Crippen molar-refractivity contribution in [3.8, 4) is 22.8 Å². The summed E-state index contributed by atoms with van der Waals surface area (Å²) in [5.41, 5.74) is 5.39. The van der Waals surface area contributed by atoms with Gasteiger partial charge in [-0.3, -0.25) is 0 Å². The molecule has 4 rings (SSSR count). The lowest BCUT2D eigenvalue weighted by Gasteiger charge is -2.16. The minimum absolute atomic E-state index is 0.0219. The van der Waals surface area contributed by atoms with E-state index < -0.39 is 11.8 Å². The fourth-order valence-electron chi connectivity index (χ4n) is 3.88. The summed E-state index contributed by atoms with van der Waals surface area (Å²) in [6.45, 7) is 4.01. The minimum Gasteiger partial charge on any atom is -0.506 e. The molecule has 0 spiro atoms. The Morgan fingerprint density at radius 3 is 2.71 bits per heavy atom. The van der Waals surface area contributed by atoms with Crippen molar-refractivity contribution in [2.24, 2.45) is 5.16 Å². The molecule has 7 nitrogen and oxygen atoms in total. The molecule has 0 fully saturated rings. The number of oxime groups is 1. The Kier molecular flexibility index (Phi) is 6.88. The number of nitrogens with zero attached hydrogens (tertiary/aromatic N) is 2. The molecule has 1 N–H and O–H groups in total. The van der Waals surface area contributed by atoms with Gasteiger partial charge in [-0.15, -0.1) is 0 Å². The van der Waals surface area contributed by atoms with Crippen LogP contribution in [0.1, 0.15) is 34.4 Å². The molecule has 0 saturated heterocycles. The summed E-state index contributed by atoms with van der Waals surface area (Å²) in [4.78, 5) is 20.3. The van der Waals surface area contributed by atoms with Crippen LogP contribution in [-0.4, -0.2) is 35.5 Å². The van der Waals surface area contributed by atoms with Gasteiger partial charge < -0.3 is 19.4 Å². The number of hydrogen-bond acceptors (Lipinski definition) is 7. The molecule has 1 aliphatic rings. The van der Waals surface area contributed by atoms with E-state index in [1.807, 2.05) is 31.2 Å². The number of ether oxygens (including phenoxy) is 2. The molecule has 0 amide bonds. The number of carbonyl (C=O) groups is 1. The summed E-state index contributed by atoms with van der Waals surface area (Å²) < 4.78 is 25.8. The van der Waals surface area contributed by atoms with Crippen molar-refractivity contribution in [2.45, 2.75) is 33.3 Å². The summed E-state index contributed by atoms with van der Waals surface area (Å²) in [5.74, 6) is -0.764. The van der Waals surface area contributed by atoms with Crippen molar-refractivity contribution in [1.82, 2.24) is 4.98 Å². The van der Waals surface area contributed by atoms with Crippen molar-refractivity contribution in [3.63, 3.8) is 0 Å². The second-order valence-corrected chi connectivity index (χ2v) is 8.18. The third kappa shape index (κ3) is 5.07. The Balaban J connectivity index is 1.58. The van der Waals surface area contributed by atoms with Gasteiger partial charge >= 0.3 is 5.97 Å². The van der Waals surface area contributed by atoms with Crippen LogP contribution < -0.4 is 4.74 Å². The molecule has 1 aliphatic heterocycles. The van der Waals surface area contributed by atoms with Crippen molar-refractivity contribution in [1.29, 1.82) is 0 Å². The molecule has 3 aromatic rings. The Morgan fingerprint density at radius 2 is 1.97 bits per heavy atom. The van der Waals surface area contributed by atoms with Crippen LogP contribution >= 0.6 is 0 Å². The molecule has 0 saturated carbocycles. The maximum Gasteiger partial charge on any atom is 0.340 e. The number of aryl methyl sites for hydroxylation is 1. The summed E-state index contributed by atoms with van der Waals surface area (Å²) in [6.07, 6.45) is 0.426. The maximum atomic E-state index is 15.1. The molecule has 0 unspecified atom stereocenters. The fourth-order valence-corrected chi connectivity index (χ4v) is 3.88. The zero-order valence-corrected chi connectivity index (χ0v) is 19.2. The van der Waals surface area contributed by atoms with Gasteiger partial charge in [-0.2, -0.15) is 0 Å². The quantitative estimate of drug-likeness (QED) is 0.489. The number of hydrogen-bond donors (Lipinski definition) is 1. The Hall–Kier alpha value is -3.78. The third-order valence-corrected chi connectivity index (χ3v) is 5.64. The fraction of sp³-hybridized carbons (Fsp3) is 0.269. The average molecular weight is 464 g/mol. The van der Waals surface area contributed by atoms with Gasteiger partial charge in [0, 0.05) is 24.8 Å². The second-order valence-electron chi connectivity index (χ2n) is 8.18. The number of methoxy groups -OCH3 is 1. The highest BCUT2D eigenvalue weighted by Crippen LogP contribution is 2.31. The first kappa shape index (κ1) is 23.4. The van der Waals surface area contributed by atoms with Crippen molar-refractivity contribution < 1.29 is 28.6 Å². The smallest absolute Gasteiger partial charge is 0.340 e. The van der Waals surface area contributed by atoms with Gasteiger partial charge in [0.05, 0.1) is 13.0 Å². The molecule has 0 radical (unpaired) electrons. The topological polar surface area (TPSA) is 90.2 Å². The third-order valence-electron chi connectivity index (χ3n) is 5.64. The second kappa shape index (κ2) is 10.0. The van der Waals surface area contributed by atoms with E-state index in [-0.39, 0.29) is 24.5 Å². The highest BCUT2D eigenvalue weighted by molar-refractivity contribution is 6.02. The number of rotatable bonds is 8. The number of aromatic nitrogens is 1. The van der Waals surface area contributed by atoms with E-state index in [1.165, 1.54) is 0 Å². The molecular formula is C26H25FN2O5. The van der Waals surface area contributed by atoms with Gasteiger partial charge in [-0.25, -0.2) is 14.2 Å². The summed E-state index contributed by atoms with van der Waals surface area (Å²) in [7, 11) is 1.63. The lowest BCUT2D eigenvalue weighted by atomic mass is 9.96. The molecule has 2 aromatic carbocycles. The molecular weight excluding hydrogens is 439 g/mol. The molecule has 176 valence electrons. The highest BCUT2D eigenvalue weighted by atomic mass is 19.1. The van der Waals surface area contributed by atoms with Crippen LogP contribution in [0.4, 0.5) is 4.39 Å². The van der Waals surface area contributed by atoms with Crippen LogP contribution in [-0.2, 0) is 27.4 Å². The number of carbonyl (C=O) groups excluding carboxylic acids is 1. The first-order valence-electron chi connectivity index (χ1n) is 10.8. The van der Waals surface area contributed by atoms with Gasteiger partial charge in [0.2, 0.25) is 0 Å². The normalized spacial score (nSPS) is 13.1. The lowest BCUT2D eigenvalue weighted by molar-refractivity contribution is -0.140. The van der Waals surface area contributed by atoms with Crippen molar-refractivity contribution in [2.75, 3.05) is 13.7 Å². The molecule has 8 heteroatoms. The zero-order valence-electron chi connectivity index (χ0n) is 19.2. The van der Waals surface area contributed by atoms with Gasteiger partial charge in [0.25, 0.3) is 0 Å². The molecule has 2 heterocycles. The van der Waals surface area contributed by atoms with Crippen LogP contribution in [0.3, 0.4) is 0 Å². The Morgan fingerprint density at radius 1 is 1.15 bits per heavy atom. The molecule has 0 aliphatic carbocycles. The van der Waals surface area contributed by atoms with E-state index in [9.17, 15) is 9.90 Å². The van der Waals surface area contributed by atoms with Crippen molar-refractivity contribution in [3.05, 3.63) is 76.2 Å². The van der Waals surface area contributed by atoms with Gasteiger partial charge in [0.15, 0.2) is 11.6 Å². The number of benzene rings is 2. The standard InChI is InChI=1S/C26H25FN2O5/c1-15-9-23(33-14-20-12-24(31)34-29-20)25(27)16(2)21(15)11-19-7-8-22(30)26(28-19)18-6-4-5-17(10-18)13-32-3/h4-10,30H,11-14H2,1-3H3. The SMILES string of the molecule is COCc1cccc(-c2nc(Cc3c(C)cc(OCC4=NOC(=O)C4)c(F)c3C)ccc2O)c1. The first-order valence-corrected chi connectivity index (χ1v) is 10.8. The van der Waals surface area contributed by atoms with E-state index in [4.69, 9.17) is 9.47 Å². The number of pyridine rings is 1. The summed E-state index contributed by atoms with van der Waals surface area (Å²) in [5, 5.41) is 14.0. The number of halogens is 1. The van der Waals surface area contributed by atoms with Crippen LogP contribution in [0.2, 0.25) is 0 Å². The number of aromatic hydroxyl groups is 1. The van der Waals surface area contributed by atoms with Crippen molar-refractivity contribution >= 4 is 11.7 Å². The van der Waals surface area contributed by atoms with Crippen LogP contribution in [0.25, 0.3) is 11.3 Å². The van der Waals surface area contributed by atoms with E-state index in [0.717, 1.165) is 22.3 Å². The largest absolute Gasteiger partial charge is 0.506 e. The predicted molar refractivity (Wildman–Crippen MR) is 124 cm³/mol. The summed E-state index contributed by atoms with van der Waals surface area (Å²) >= 11 is 0. The molecule has 0 bridgehead atoms. The Bertz CT molecular complexity index is 1270. The predicted octanol–water partition coefficient (Wildman–Crippen LogP) is 4.63. The minimum atomic E-state index is -0.474. The van der Waals surface area contributed by atoms with Crippen LogP contribution in [0, 0.1) is 19.7 Å². The summed E-state index contributed by atoms with van der Waals surface area (Å²) in [6, 6.07) is 12.6. The first-order chi connectivity index (χ1) is 16.4.